The fourth-order valence-corrected chi connectivity index (χ4v) is 2.68. The number of carbonyl (C=O) groups excluding carboxylic acids is 1. The van der Waals surface area contributed by atoms with E-state index in [2.05, 4.69) is 10.3 Å². The van der Waals surface area contributed by atoms with Crippen LogP contribution < -0.4 is 5.32 Å². The van der Waals surface area contributed by atoms with Crippen molar-refractivity contribution in [3.8, 4) is 11.3 Å². The number of aromatic carboxylic acids is 1. The number of fused-ring (bicyclic) bond motifs is 1. The number of amides is 1. The van der Waals surface area contributed by atoms with E-state index < -0.39 is 5.97 Å². The monoisotopic (exact) mass is 320 g/mol. The maximum absolute atomic E-state index is 11.7. The minimum atomic E-state index is -1.03. The second-order valence-corrected chi connectivity index (χ2v) is 5.59. The molecule has 0 spiro atoms. The number of carboxylic acids is 1. The summed E-state index contributed by atoms with van der Waals surface area (Å²) < 4.78 is 0. The van der Waals surface area contributed by atoms with E-state index in [1.54, 1.807) is 24.3 Å². The molecule has 0 saturated heterocycles. The molecule has 1 aromatic heterocycles. The van der Waals surface area contributed by atoms with Gasteiger partial charge in [-0.25, -0.2) is 9.78 Å². The molecule has 0 aliphatic heterocycles. The molecule has 3 aromatic rings. The van der Waals surface area contributed by atoms with Crippen molar-refractivity contribution >= 4 is 28.5 Å². The number of aromatic nitrogens is 1. The third-order valence-electron chi connectivity index (χ3n) is 3.78. The standard InChI is InChI=1S/C19H16N2O3/c1-11-5-3-4-6-14(11)18-10-16(19(23)24)15-9-13(20-12(2)22)7-8-17(15)21-18/h3-10H,1-2H3,(H,20,22)(H,23,24). The second kappa shape index (κ2) is 6.12. The number of pyridine rings is 1. The molecule has 3 rings (SSSR count). The zero-order chi connectivity index (χ0) is 17.3. The Morgan fingerprint density at radius 1 is 1.08 bits per heavy atom. The lowest BCUT2D eigenvalue weighted by atomic mass is 10.0. The number of aryl methyl sites for hydroxylation is 1. The summed E-state index contributed by atoms with van der Waals surface area (Å²) in [5.74, 6) is -1.24. The molecule has 0 unspecified atom stereocenters. The molecule has 24 heavy (non-hydrogen) atoms. The molecule has 0 saturated carbocycles. The van der Waals surface area contributed by atoms with Crippen LogP contribution in [0, 0.1) is 6.92 Å². The first-order valence-corrected chi connectivity index (χ1v) is 7.47. The number of benzene rings is 2. The molecule has 0 aliphatic rings. The van der Waals surface area contributed by atoms with Crippen molar-refractivity contribution in [2.75, 3.05) is 5.32 Å². The zero-order valence-electron chi connectivity index (χ0n) is 13.3. The summed E-state index contributed by atoms with van der Waals surface area (Å²) in [6.45, 7) is 3.36. The number of rotatable bonds is 3. The summed E-state index contributed by atoms with van der Waals surface area (Å²) in [5, 5.41) is 12.7. The van der Waals surface area contributed by atoms with Crippen LogP contribution in [0.4, 0.5) is 5.69 Å². The number of carboxylic acid groups (broad SMARTS) is 1. The molecule has 0 fully saturated rings. The van der Waals surface area contributed by atoms with Gasteiger partial charge in [-0.1, -0.05) is 24.3 Å². The Hall–Kier alpha value is -3.21. The molecule has 0 aliphatic carbocycles. The average Bonchev–Trinajstić information content (AvgIpc) is 2.53. The van der Waals surface area contributed by atoms with Crippen molar-refractivity contribution in [1.29, 1.82) is 0 Å². The van der Waals surface area contributed by atoms with Gasteiger partial charge in [0, 0.05) is 23.6 Å². The molecule has 1 heterocycles. The van der Waals surface area contributed by atoms with Crippen LogP contribution in [0.25, 0.3) is 22.2 Å². The fraction of sp³-hybridized carbons (Fsp3) is 0.105. The molecule has 5 heteroatoms. The van der Waals surface area contributed by atoms with E-state index in [-0.39, 0.29) is 11.5 Å². The van der Waals surface area contributed by atoms with Crippen molar-refractivity contribution < 1.29 is 14.7 Å². The SMILES string of the molecule is CC(=O)Nc1ccc2nc(-c3ccccc3C)cc(C(=O)O)c2c1. The minimum absolute atomic E-state index is 0.158. The quantitative estimate of drug-likeness (QED) is 0.768. The first-order valence-electron chi connectivity index (χ1n) is 7.47. The van der Waals surface area contributed by atoms with Gasteiger partial charge in [0.1, 0.15) is 0 Å². The lowest BCUT2D eigenvalue weighted by Crippen LogP contribution is -2.06. The van der Waals surface area contributed by atoms with Gasteiger partial charge in [-0.3, -0.25) is 4.79 Å². The third kappa shape index (κ3) is 2.96. The Bertz CT molecular complexity index is 964. The molecule has 1 amide bonds. The second-order valence-electron chi connectivity index (χ2n) is 5.59. The number of hydrogen-bond donors (Lipinski definition) is 2. The van der Waals surface area contributed by atoms with E-state index in [0.717, 1.165) is 11.1 Å². The topological polar surface area (TPSA) is 79.3 Å². The van der Waals surface area contributed by atoms with Crippen molar-refractivity contribution in [3.63, 3.8) is 0 Å². The summed E-state index contributed by atoms with van der Waals surface area (Å²) in [4.78, 5) is 27.5. The highest BCUT2D eigenvalue weighted by Gasteiger charge is 2.14. The van der Waals surface area contributed by atoms with Crippen LogP contribution in [0.15, 0.2) is 48.5 Å². The van der Waals surface area contributed by atoms with Gasteiger partial charge < -0.3 is 10.4 Å². The number of nitrogens with zero attached hydrogens (tertiary/aromatic N) is 1. The first kappa shape index (κ1) is 15.7. The van der Waals surface area contributed by atoms with Gasteiger partial charge >= 0.3 is 5.97 Å². The van der Waals surface area contributed by atoms with Crippen LogP contribution in [0.1, 0.15) is 22.8 Å². The van der Waals surface area contributed by atoms with Crippen molar-refractivity contribution in [2.45, 2.75) is 13.8 Å². The lowest BCUT2D eigenvalue weighted by Gasteiger charge is -2.10. The van der Waals surface area contributed by atoms with Crippen LogP contribution in [0.3, 0.4) is 0 Å². The number of anilines is 1. The van der Waals surface area contributed by atoms with E-state index in [0.29, 0.717) is 22.3 Å². The Balaban J connectivity index is 2.24. The lowest BCUT2D eigenvalue weighted by molar-refractivity contribution is -0.114. The average molecular weight is 320 g/mol. The summed E-state index contributed by atoms with van der Waals surface area (Å²) in [5.41, 5.74) is 3.81. The number of nitrogens with one attached hydrogen (secondary N) is 1. The normalized spacial score (nSPS) is 10.6. The molecular weight excluding hydrogens is 304 g/mol. The van der Waals surface area contributed by atoms with E-state index in [1.165, 1.54) is 6.92 Å². The Kier molecular flexibility index (Phi) is 4.00. The van der Waals surface area contributed by atoms with Crippen LogP contribution in [0.2, 0.25) is 0 Å². The van der Waals surface area contributed by atoms with Crippen molar-refractivity contribution in [1.82, 2.24) is 4.98 Å². The van der Waals surface area contributed by atoms with Crippen LogP contribution >= 0.6 is 0 Å². The van der Waals surface area contributed by atoms with Crippen molar-refractivity contribution in [3.05, 3.63) is 59.7 Å². The smallest absolute Gasteiger partial charge is 0.336 e. The number of carbonyl (C=O) groups is 2. The van der Waals surface area contributed by atoms with Gasteiger partial charge in [-0.2, -0.15) is 0 Å². The summed E-state index contributed by atoms with van der Waals surface area (Å²) >= 11 is 0. The van der Waals surface area contributed by atoms with Crippen LogP contribution in [0.5, 0.6) is 0 Å². The van der Waals surface area contributed by atoms with Crippen LogP contribution in [-0.4, -0.2) is 22.0 Å². The molecule has 0 atom stereocenters. The van der Waals surface area contributed by atoms with Gasteiger partial charge in [0.15, 0.2) is 0 Å². The Morgan fingerprint density at radius 2 is 1.83 bits per heavy atom. The van der Waals surface area contributed by atoms with Gasteiger partial charge in [-0.15, -0.1) is 0 Å². The van der Waals surface area contributed by atoms with Crippen molar-refractivity contribution in [2.24, 2.45) is 0 Å². The zero-order valence-corrected chi connectivity index (χ0v) is 13.3. The Labute approximate surface area is 139 Å². The molecule has 2 N–H and O–H groups in total. The highest BCUT2D eigenvalue weighted by molar-refractivity contribution is 6.05. The maximum Gasteiger partial charge on any atom is 0.336 e. The summed E-state index contributed by atoms with van der Waals surface area (Å²) in [6.07, 6.45) is 0. The molecule has 2 aromatic carbocycles. The predicted octanol–water partition coefficient (Wildman–Crippen LogP) is 3.87. The van der Waals surface area contributed by atoms with E-state index in [9.17, 15) is 14.7 Å². The highest BCUT2D eigenvalue weighted by atomic mass is 16.4. The van der Waals surface area contributed by atoms with Gasteiger partial charge in [0.2, 0.25) is 5.91 Å². The van der Waals surface area contributed by atoms with Gasteiger partial charge in [-0.05, 0) is 36.8 Å². The Morgan fingerprint density at radius 3 is 2.50 bits per heavy atom. The molecule has 120 valence electrons. The summed E-state index contributed by atoms with van der Waals surface area (Å²) in [7, 11) is 0. The minimum Gasteiger partial charge on any atom is -0.478 e. The molecule has 5 nitrogen and oxygen atoms in total. The molecule has 0 radical (unpaired) electrons. The van der Waals surface area contributed by atoms with E-state index >= 15 is 0 Å². The maximum atomic E-state index is 11.7. The van der Waals surface area contributed by atoms with Crippen LogP contribution in [-0.2, 0) is 4.79 Å². The van der Waals surface area contributed by atoms with E-state index in [1.807, 2.05) is 31.2 Å². The van der Waals surface area contributed by atoms with Gasteiger partial charge in [0.05, 0.1) is 16.8 Å². The summed E-state index contributed by atoms with van der Waals surface area (Å²) in [6, 6.07) is 14.3. The number of hydrogen-bond acceptors (Lipinski definition) is 3. The first-order chi connectivity index (χ1) is 11.5. The predicted molar refractivity (Wildman–Crippen MR) is 93.2 cm³/mol. The molecule has 0 bridgehead atoms. The largest absolute Gasteiger partial charge is 0.478 e. The fourth-order valence-electron chi connectivity index (χ4n) is 2.68. The molecular formula is C19H16N2O3. The van der Waals surface area contributed by atoms with Gasteiger partial charge in [0.25, 0.3) is 0 Å². The highest BCUT2D eigenvalue weighted by Crippen LogP contribution is 2.28. The van der Waals surface area contributed by atoms with E-state index in [4.69, 9.17) is 0 Å². The third-order valence-corrected chi connectivity index (χ3v) is 3.78.